The molecule has 1 saturated heterocycles. The van der Waals surface area contributed by atoms with E-state index in [1.165, 1.54) is 23.1 Å². The lowest BCUT2D eigenvalue weighted by molar-refractivity contribution is -0.133. The summed E-state index contributed by atoms with van der Waals surface area (Å²) in [5.41, 5.74) is 1.11. The lowest BCUT2D eigenvalue weighted by Crippen LogP contribution is -2.50. The lowest BCUT2D eigenvalue weighted by Gasteiger charge is -2.32. The first-order valence-corrected chi connectivity index (χ1v) is 10.8. The number of aromatic nitrogens is 1. The van der Waals surface area contributed by atoms with Gasteiger partial charge in [-0.15, -0.1) is 0 Å². The van der Waals surface area contributed by atoms with Crippen molar-refractivity contribution >= 4 is 38.4 Å². The van der Waals surface area contributed by atoms with Crippen molar-refractivity contribution in [2.45, 2.75) is 4.90 Å². The summed E-state index contributed by atoms with van der Waals surface area (Å²) in [6.45, 7) is 0.989. The van der Waals surface area contributed by atoms with Gasteiger partial charge in [-0.1, -0.05) is 18.2 Å². The number of pyridine rings is 1. The number of likely N-dealkylation sites (N-methyl/N-ethyl adjacent to an activating group) is 1. The van der Waals surface area contributed by atoms with E-state index in [2.05, 4.69) is 9.71 Å². The number of anilines is 1. The molecule has 2 aromatic carbocycles. The molecule has 9 heteroatoms. The Labute approximate surface area is 174 Å². The van der Waals surface area contributed by atoms with Crippen molar-refractivity contribution in [2.75, 3.05) is 31.4 Å². The third-order valence-corrected chi connectivity index (χ3v) is 6.43. The molecule has 0 saturated carbocycles. The smallest absolute Gasteiger partial charge is 0.264 e. The number of benzene rings is 2. The molecule has 1 N–H and O–H groups in total. The second-order valence-corrected chi connectivity index (χ2v) is 8.71. The van der Waals surface area contributed by atoms with Crippen molar-refractivity contribution in [1.82, 2.24) is 14.8 Å². The minimum atomic E-state index is -3.86. The predicted molar refractivity (Wildman–Crippen MR) is 113 cm³/mol. The minimum Gasteiger partial charge on any atom is -0.342 e. The molecule has 8 nitrogen and oxygen atoms in total. The molecule has 0 atom stereocenters. The lowest BCUT2D eigenvalue weighted by atomic mass is 10.1. The number of fused-ring (bicyclic) bond motifs is 1. The minimum absolute atomic E-state index is 0.0395. The van der Waals surface area contributed by atoms with Gasteiger partial charge in [-0.05, 0) is 36.4 Å². The number of rotatable bonds is 4. The van der Waals surface area contributed by atoms with E-state index in [1.54, 1.807) is 54.5 Å². The highest BCUT2D eigenvalue weighted by Gasteiger charge is 2.25. The second-order valence-electron chi connectivity index (χ2n) is 7.06. The van der Waals surface area contributed by atoms with Crippen molar-refractivity contribution in [1.29, 1.82) is 0 Å². The Hall–Kier alpha value is -3.46. The Morgan fingerprint density at radius 1 is 1.03 bits per heavy atom. The first-order chi connectivity index (χ1) is 14.3. The Morgan fingerprint density at radius 3 is 2.50 bits per heavy atom. The Morgan fingerprint density at radius 2 is 1.77 bits per heavy atom. The second kappa shape index (κ2) is 7.75. The largest absolute Gasteiger partial charge is 0.342 e. The van der Waals surface area contributed by atoms with Gasteiger partial charge in [0.1, 0.15) is 11.4 Å². The topological polar surface area (TPSA) is 99.7 Å². The summed E-state index contributed by atoms with van der Waals surface area (Å²) in [6.07, 6.45) is 1.55. The average molecular weight is 424 g/mol. The molecule has 1 fully saturated rings. The molecule has 30 heavy (non-hydrogen) atoms. The van der Waals surface area contributed by atoms with Crippen LogP contribution in [0.3, 0.4) is 0 Å². The number of para-hydroxylation sites is 1. The van der Waals surface area contributed by atoms with Gasteiger partial charge in [-0.3, -0.25) is 19.3 Å². The third-order valence-electron chi connectivity index (χ3n) is 5.01. The fourth-order valence-corrected chi connectivity index (χ4v) is 4.54. The van der Waals surface area contributed by atoms with E-state index in [9.17, 15) is 18.0 Å². The fourth-order valence-electron chi connectivity index (χ4n) is 3.30. The number of carbonyl (C=O) groups excluding carboxylic acids is 2. The molecule has 0 aliphatic carbocycles. The monoisotopic (exact) mass is 424 g/mol. The van der Waals surface area contributed by atoms with E-state index in [-0.39, 0.29) is 23.3 Å². The van der Waals surface area contributed by atoms with E-state index in [0.717, 1.165) is 5.39 Å². The molecule has 1 aliphatic heterocycles. The van der Waals surface area contributed by atoms with Crippen LogP contribution < -0.4 is 4.72 Å². The zero-order valence-electron chi connectivity index (χ0n) is 16.3. The van der Waals surface area contributed by atoms with Crippen LogP contribution in [0.1, 0.15) is 10.4 Å². The molecule has 0 unspecified atom stereocenters. The molecule has 0 radical (unpaired) electrons. The van der Waals surface area contributed by atoms with Gasteiger partial charge in [0, 0.05) is 43.0 Å². The number of nitrogens with zero attached hydrogens (tertiary/aromatic N) is 3. The Bertz CT molecular complexity index is 1220. The van der Waals surface area contributed by atoms with Crippen LogP contribution in [0.25, 0.3) is 10.9 Å². The molecule has 0 bridgehead atoms. The van der Waals surface area contributed by atoms with Crippen LogP contribution in [-0.2, 0) is 14.8 Å². The molecule has 2 heterocycles. The van der Waals surface area contributed by atoms with Crippen LogP contribution >= 0.6 is 0 Å². The molecule has 2 amide bonds. The van der Waals surface area contributed by atoms with Gasteiger partial charge < -0.3 is 9.80 Å². The van der Waals surface area contributed by atoms with E-state index in [1.807, 2.05) is 0 Å². The molecule has 1 aliphatic rings. The number of carbonyl (C=O) groups is 2. The van der Waals surface area contributed by atoms with Crippen molar-refractivity contribution in [2.24, 2.45) is 0 Å². The molecule has 154 valence electrons. The number of piperazine rings is 1. The molecule has 0 spiro atoms. The normalized spacial score (nSPS) is 14.8. The first kappa shape index (κ1) is 19.8. The molecule has 4 rings (SSSR count). The molecular formula is C21H20N4O4S. The quantitative estimate of drug-likeness (QED) is 0.690. The number of hydrogen-bond acceptors (Lipinski definition) is 5. The maximum absolute atomic E-state index is 12.9. The van der Waals surface area contributed by atoms with Crippen molar-refractivity contribution in [3.05, 3.63) is 66.4 Å². The van der Waals surface area contributed by atoms with Crippen LogP contribution in [0.15, 0.2) is 65.7 Å². The highest BCUT2D eigenvalue weighted by molar-refractivity contribution is 7.93. The Balaban J connectivity index is 1.53. The summed E-state index contributed by atoms with van der Waals surface area (Å²) in [4.78, 5) is 31.8. The zero-order valence-corrected chi connectivity index (χ0v) is 17.1. The number of hydrogen-bond donors (Lipinski definition) is 1. The van der Waals surface area contributed by atoms with Gasteiger partial charge in [0.2, 0.25) is 5.91 Å². The highest BCUT2D eigenvalue weighted by Crippen LogP contribution is 2.23. The summed E-state index contributed by atoms with van der Waals surface area (Å²) in [5.74, 6) is -0.369. The maximum atomic E-state index is 12.9. The van der Waals surface area contributed by atoms with Crippen molar-refractivity contribution < 1.29 is 18.0 Å². The van der Waals surface area contributed by atoms with Gasteiger partial charge in [0.25, 0.3) is 15.9 Å². The van der Waals surface area contributed by atoms with E-state index < -0.39 is 10.0 Å². The fraction of sp³-hybridized carbons (Fsp3) is 0.190. The van der Waals surface area contributed by atoms with Crippen LogP contribution in [0.4, 0.5) is 5.69 Å². The van der Waals surface area contributed by atoms with Crippen molar-refractivity contribution in [3.8, 4) is 0 Å². The van der Waals surface area contributed by atoms with Crippen LogP contribution in [0.2, 0.25) is 0 Å². The SMILES string of the molecule is CN1CCN(C(=O)c2ccc(NS(=O)(=O)c3cccc4cccnc34)cc2)CC1=O. The molecule has 1 aromatic heterocycles. The van der Waals surface area contributed by atoms with Gasteiger partial charge >= 0.3 is 0 Å². The summed E-state index contributed by atoms with van der Waals surface area (Å²) >= 11 is 0. The molecular weight excluding hydrogens is 404 g/mol. The predicted octanol–water partition coefficient (Wildman–Crippen LogP) is 1.95. The highest BCUT2D eigenvalue weighted by atomic mass is 32.2. The number of nitrogens with one attached hydrogen (secondary N) is 1. The van der Waals surface area contributed by atoms with E-state index in [0.29, 0.717) is 29.9 Å². The Kier molecular flexibility index (Phi) is 5.13. The van der Waals surface area contributed by atoms with Gasteiger partial charge in [0.05, 0.1) is 5.52 Å². The van der Waals surface area contributed by atoms with E-state index in [4.69, 9.17) is 0 Å². The summed E-state index contributed by atoms with van der Waals surface area (Å²) in [7, 11) is -2.16. The average Bonchev–Trinajstić information content (AvgIpc) is 2.75. The van der Waals surface area contributed by atoms with Crippen LogP contribution in [0.5, 0.6) is 0 Å². The van der Waals surface area contributed by atoms with Crippen LogP contribution in [-0.4, -0.2) is 61.7 Å². The summed E-state index contributed by atoms with van der Waals surface area (Å²) in [5, 5.41) is 0.725. The number of sulfonamides is 1. The van der Waals surface area contributed by atoms with Gasteiger partial charge in [-0.25, -0.2) is 8.42 Å². The number of amides is 2. The van der Waals surface area contributed by atoms with Crippen LogP contribution in [0, 0.1) is 0 Å². The zero-order chi connectivity index (χ0) is 21.3. The van der Waals surface area contributed by atoms with Gasteiger partial charge in [0.15, 0.2) is 0 Å². The summed E-state index contributed by atoms with van der Waals surface area (Å²) < 4.78 is 28.3. The van der Waals surface area contributed by atoms with Crippen molar-refractivity contribution in [3.63, 3.8) is 0 Å². The van der Waals surface area contributed by atoms with E-state index >= 15 is 0 Å². The first-order valence-electron chi connectivity index (χ1n) is 9.35. The molecule has 3 aromatic rings. The standard InChI is InChI=1S/C21H20N4O4S/c1-24-12-13-25(14-19(24)26)21(27)16-7-9-17(10-8-16)23-30(28,29)18-6-2-4-15-5-3-11-22-20(15)18/h2-11,23H,12-14H2,1H3. The summed E-state index contributed by atoms with van der Waals surface area (Å²) in [6, 6.07) is 14.7. The third kappa shape index (κ3) is 3.84. The maximum Gasteiger partial charge on any atom is 0.264 e. The van der Waals surface area contributed by atoms with Gasteiger partial charge in [-0.2, -0.15) is 0 Å².